The number of benzene rings is 1. The zero-order valence-corrected chi connectivity index (χ0v) is 16.5. The molecule has 5 nitrogen and oxygen atoms in total. The van der Waals surface area contributed by atoms with Crippen molar-refractivity contribution in [2.24, 2.45) is 5.92 Å². The minimum atomic E-state index is 0.600. The molecule has 0 bridgehead atoms. The van der Waals surface area contributed by atoms with Crippen LogP contribution in [0, 0.1) is 5.92 Å². The molecule has 1 fully saturated rings. The Kier molecular flexibility index (Phi) is 5.58. The monoisotopic (exact) mass is 366 g/mol. The maximum atomic E-state index is 5.56. The summed E-state index contributed by atoms with van der Waals surface area (Å²) in [5.74, 6) is 2.28. The van der Waals surface area contributed by atoms with E-state index in [1.165, 1.54) is 49.5 Å². The van der Waals surface area contributed by atoms with E-state index in [-0.39, 0.29) is 0 Å². The molecule has 27 heavy (non-hydrogen) atoms. The third-order valence-corrected chi connectivity index (χ3v) is 5.78. The number of aryl methyl sites for hydroxylation is 1. The van der Waals surface area contributed by atoms with Gasteiger partial charge in [0.1, 0.15) is 5.69 Å². The van der Waals surface area contributed by atoms with Crippen LogP contribution in [0.2, 0.25) is 0 Å². The largest absolute Gasteiger partial charge is 0.351 e. The highest BCUT2D eigenvalue weighted by Crippen LogP contribution is 2.28. The Hall–Kier alpha value is -2.14. The summed E-state index contributed by atoms with van der Waals surface area (Å²) in [6, 6.07) is 8.57. The van der Waals surface area contributed by atoms with Gasteiger partial charge in [-0.1, -0.05) is 49.4 Å². The second-order valence-electron chi connectivity index (χ2n) is 8.17. The van der Waals surface area contributed by atoms with Crippen molar-refractivity contribution in [2.75, 3.05) is 20.6 Å². The van der Waals surface area contributed by atoms with Crippen molar-refractivity contribution < 1.29 is 4.52 Å². The normalized spacial score (nSPS) is 15.8. The molecule has 2 aromatic heterocycles. The Labute approximate surface area is 161 Å². The third-order valence-electron chi connectivity index (χ3n) is 5.78. The van der Waals surface area contributed by atoms with Gasteiger partial charge in [0.15, 0.2) is 5.82 Å². The molecule has 144 valence electrons. The van der Waals surface area contributed by atoms with E-state index in [1.54, 1.807) is 0 Å². The molecule has 1 saturated carbocycles. The summed E-state index contributed by atoms with van der Waals surface area (Å²) in [7, 11) is 4.21. The van der Waals surface area contributed by atoms with E-state index < -0.39 is 0 Å². The molecule has 1 aliphatic carbocycles. The van der Waals surface area contributed by atoms with Gasteiger partial charge >= 0.3 is 0 Å². The van der Waals surface area contributed by atoms with Crippen molar-refractivity contribution in [3.8, 4) is 11.6 Å². The van der Waals surface area contributed by atoms with E-state index >= 15 is 0 Å². The van der Waals surface area contributed by atoms with Crippen LogP contribution in [0.15, 0.2) is 28.8 Å². The minimum absolute atomic E-state index is 0.600. The first-order valence-electron chi connectivity index (χ1n) is 10.3. The van der Waals surface area contributed by atoms with Crippen molar-refractivity contribution >= 4 is 10.9 Å². The number of likely N-dealkylation sites (N-methyl/N-ethyl adjacent to an activating group) is 1. The molecule has 1 N–H and O–H groups in total. The first-order chi connectivity index (χ1) is 13.2. The number of hydrogen-bond acceptors (Lipinski definition) is 4. The molecule has 1 aromatic carbocycles. The summed E-state index contributed by atoms with van der Waals surface area (Å²) in [5.41, 5.74) is 3.39. The highest BCUT2D eigenvalue weighted by atomic mass is 16.5. The number of rotatable bonds is 7. The summed E-state index contributed by atoms with van der Waals surface area (Å²) < 4.78 is 5.56. The highest BCUT2D eigenvalue weighted by Gasteiger charge is 2.17. The van der Waals surface area contributed by atoms with E-state index in [2.05, 4.69) is 58.4 Å². The molecule has 0 saturated heterocycles. The second-order valence-corrected chi connectivity index (χ2v) is 8.17. The van der Waals surface area contributed by atoms with Crippen LogP contribution in [0.25, 0.3) is 22.5 Å². The van der Waals surface area contributed by atoms with Gasteiger partial charge in [-0.15, -0.1) is 0 Å². The van der Waals surface area contributed by atoms with Gasteiger partial charge in [0, 0.05) is 23.9 Å². The van der Waals surface area contributed by atoms with Crippen molar-refractivity contribution in [3.63, 3.8) is 0 Å². The van der Waals surface area contributed by atoms with Crippen LogP contribution in [0.3, 0.4) is 0 Å². The van der Waals surface area contributed by atoms with Gasteiger partial charge < -0.3 is 14.4 Å². The van der Waals surface area contributed by atoms with E-state index in [4.69, 9.17) is 4.52 Å². The highest BCUT2D eigenvalue weighted by molar-refractivity contribution is 5.87. The number of nitrogens with one attached hydrogen (secondary N) is 1. The Balaban J connectivity index is 1.47. The van der Waals surface area contributed by atoms with Crippen LogP contribution < -0.4 is 0 Å². The number of H-pyrrole nitrogens is 1. The van der Waals surface area contributed by atoms with Gasteiger partial charge in [-0.2, -0.15) is 4.98 Å². The van der Waals surface area contributed by atoms with Gasteiger partial charge in [0.25, 0.3) is 5.89 Å². The maximum absolute atomic E-state index is 5.56. The summed E-state index contributed by atoms with van der Waals surface area (Å²) in [6.45, 7) is 1.03. The fourth-order valence-corrected chi connectivity index (χ4v) is 4.17. The predicted octanol–water partition coefficient (Wildman–Crippen LogP) is 4.83. The number of nitrogens with zero attached hydrogens (tertiary/aromatic N) is 3. The average molecular weight is 367 g/mol. The molecule has 0 unspecified atom stereocenters. The molecule has 0 aliphatic heterocycles. The van der Waals surface area contributed by atoms with Crippen molar-refractivity contribution in [3.05, 3.63) is 35.7 Å². The Morgan fingerprint density at radius 3 is 2.81 bits per heavy atom. The number of aromatic amines is 1. The fraction of sp³-hybridized carbons (Fsp3) is 0.545. The first kappa shape index (κ1) is 18.2. The molecule has 1 aliphatic rings. The summed E-state index contributed by atoms with van der Waals surface area (Å²) in [4.78, 5) is 10.3. The standard InChI is InChI=1S/C22H30N4O/c1-26(2)14-13-17-9-6-10-19-18(17)15-20(23-19)22-24-21(25-27-22)12-11-16-7-4-3-5-8-16/h6,9-10,15-16,23H,3-5,7-8,11-14H2,1-2H3. The van der Waals surface area contributed by atoms with E-state index in [9.17, 15) is 0 Å². The maximum Gasteiger partial charge on any atom is 0.274 e. The van der Waals surface area contributed by atoms with Crippen molar-refractivity contribution in [1.82, 2.24) is 20.0 Å². The fourth-order valence-electron chi connectivity index (χ4n) is 4.17. The van der Waals surface area contributed by atoms with Crippen molar-refractivity contribution in [2.45, 2.75) is 51.4 Å². The molecule has 5 heteroatoms. The van der Waals surface area contributed by atoms with Crippen molar-refractivity contribution in [1.29, 1.82) is 0 Å². The number of fused-ring (bicyclic) bond motifs is 1. The second kappa shape index (κ2) is 8.26. The molecule has 0 amide bonds. The molecular weight excluding hydrogens is 336 g/mol. The Morgan fingerprint density at radius 1 is 1.15 bits per heavy atom. The molecule has 0 radical (unpaired) electrons. The lowest BCUT2D eigenvalue weighted by atomic mass is 9.86. The van der Waals surface area contributed by atoms with E-state index in [0.29, 0.717) is 5.89 Å². The van der Waals surface area contributed by atoms with Crippen LogP contribution in [0.4, 0.5) is 0 Å². The summed E-state index contributed by atoms with van der Waals surface area (Å²) in [6.07, 6.45) is 10.0. The van der Waals surface area contributed by atoms with Gasteiger partial charge in [-0.25, -0.2) is 0 Å². The van der Waals surface area contributed by atoms with Crippen LogP contribution in [0.5, 0.6) is 0 Å². The predicted molar refractivity (Wildman–Crippen MR) is 109 cm³/mol. The SMILES string of the molecule is CN(C)CCc1cccc2[nH]c(-c3nc(CCC4CCCCC4)no3)cc12. The van der Waals surface area contributed by atoms with E-state index in [1.807, 2.05) is 0 Å². The Morgan fingerprint density at radius 2 is 2.00 bits per heavy atom. The lowest BCUT2D eigenvalue weighted by molar-refractivity contribution is 0.334. The number of hydrogen-bond donors (Lipinski definition) is 1. The lowest BCUT2D eigenvalue weighted by Crippen LogP contribution is -2.15. The molecule has 2 heterocycles. The molecule has 3 aromatic rings. The minimum Gasteiger partial charge on any atom is -0.351 e. The zero-order chi connectivity index (χ0) is 18.6. The van der Waals surface area contributed by atoms with Gasteiger partial charge in [-0.05, 0) is 50.6 Å². The van der Waals surface area contributed by atoms with Crippen LogP contribution >= 0.6 is 0 Å². The van der Waals surface area contributed by atoms with Crippen LogP contribution in [-0.4, -0.2) is 40.7 Å². The van der Waals surface area contributed by atoms with Gasteiger partial charge in [0.05, 0.1) is 0 Å². The van der Waals surface area contributed by atoms with Gasteiger partial charge in [-0.3, -0.25) is 0 Å². The Bertz CT molecular complexity index is 873. The molecular formula is C22H30N4O. The number of aromatic nitrogens is 3. The van der Waals surface area contributed by atoms with Crippen LogP contribution in [-0.2, 0) is 12.8 Å². The third kappa shape index (κ3) is 4.41. The topological polar surface area (TPSA) is 58.0 Å². The smallest absolute Gasteiger partial charge is 0.274 e. The summed E-state index contributed by atoms with van der Waals surface area (Å²) >= 11 is 0. The molecule has 4 rings (SSSR count). The molecule has 0 atom stereocenters. The molecule has 0 spiro atoms. The summed E-state index contributed by atoms with van der Waals surface area (Å²) in [5, 5.41) is 5.46. The quantitative estimate of drug-likeness (QED) is 0.650. The van der Waals surface area contributed by atoms with E-state index in [0.717, 1.165) is 42.3 Å². The first-order valence-corrected chi connectivity index (χ1v) is 10.3. The zero-order valence-electron chi connectivity index (χ0n) is 16.5. The van der Waals surface area contributed by atoms with Gasteiger partial charge in [0.2, 0.25) is 0 Å². The van der Waals surface area contributed by atoms with Crippen LogP contribution in [0.1, 0.15) is 49.9 Å². The lowest BCUT2D eigenvalue weighted by Gasteiger charge is -2.20. The average Bonchev–Trinajstić information content (AvgIpc) is 3.32.